The molecule has 0 saturated carbocycles. The fourth-order valence-corrected chi connectivity index (χ4v) is 8.22. The number of ether oxygens (including phenoxy) is 4. The minimum atomic E-state index is -1.52. The molecular weight excluding hydrogens is 971 g/mol. The number of hydrogen-bond donors (Lipinski definition) is 1. The van der Waals surface area contributed by atoms with Gasteiger partial charge in [-0.1, -0.05) is 257 Å². The molecule has 0 amide bonds. The number of unbranched alkanes of at least 4 members (excludes halogenated alkanes) is 21. The van der Waals surface area contributed by atoms with E-state index in [1.807, 2.05) is 21.1 Å². The third kappa shape index (κ3) is 59.4. The molecule has 0 bridgehead atoms. The van der Waals surface area contributed by atoms with Crippen LogP contribution in [-0.2, 0) is 33.3 Å². The van der Waals surface area contributed by atoms with Crippen LogP contribution in [-0.4, -0.2) is 87.4 Å². The summed E-state index contributed by atoms with van der Waals surface area (Å²) < 4.78 is 22.9. The molecule has 9 nitrogen and oxygen atoms in total. The fraction of sp³-hybridized carbons (Fsp3) is 0.667. The van der Waals surface area contributed by atoms with E-state index >= 15 is 0 Å². The molecule has 0 heterocycles. The van der Waals surface area contributed by atoms with Crippen molar-refractivity contribution >= 4 is 17.9 Å². The molecule has 78 heavy (non-hydrogen) atoms. The normalized spacial score (nSPS) is 13.6. The zero-order chi connectivity index (χ0) is 56.9. The maximum absolute atomic E-state index is 12.9. The first-order valence-corrected chi connectivity index (χ1v) is 31.2. The Bertz CT molecular complexity index is 1690. The summed E-state index contributed by atoms with van der Waals surface area (Å²) in [5, 5.41) is 9.71. The highest BCUT2D eigenvalue weighted by atomic mass is 16.7. The predicted octanol–water partition coefficient (Wildman–Crippen LogP) is 18.8. The molecule has 0 rings (SSSR count). The van der Waals surface area contributed by atoms with Gasteiger partial charge in [-0.25, -0.2) is 4.79 Å². The highest BCUT2D eigenvalue weighted by Crippen LogP contribution is 2.16. The van der Waals surface area contributed by atoms with Crippen molar-refractivity contribution in [1.29, 1.82) is 0 Å². The third-order valence-corrected chi connectivity index (χ3v) is 13.0. The molecule has 0 fully saturated rings. The smallest absolute Gasteiger partial charge is 0.361 e. The zero-order valence-corrected chi connectivity index (χ0v) is 50.5. The number of rotatable bonds is 56. The summed E-state index contributed by atoms with van der Waals surface area (Å²) in [5.74, 6) is -2.03. The molecule has 0 aliphatic carbocycles. The van der Waals surface area contributed by atoms with Gasteiger partial charge < -0.3 is 28.5 Å². The number of hydrogen-bond acceptors (Lipinski definition) is 7. The number of carboxylic acid groups (broad SMARTS) is 1. The Hall–Kier alpha value is -4.31. The molecule has 9 heteroatoms. The van der Waals surface area contributed by atoms with Gasteiger partial charge in [0.15, 0.2) is 6.10 Å². The second kappa shape index (κ2) is 58.8. The van der Waals surface area contributed by atoms with Gasteiger partial charge >= 0.3 is 17.9 Å². The number of likely N-dealkylation sites (N-methyl/N-ethyl adjacent to an activating group) is 1. The summed E-state index contributed by atoms with van der Waals surface area (Å²) in [6.07, 6.45) is 80.0. The Labute approximate surface area is 478 Å². The lowest BCUT2D eigenvalue weighted by Crippen LogP contribution is -2.40. The van der Waals surface area contributed by atoms with E-state index in [0.717, 1.165) is 122 Å². The van der Waals surface area contributed by atoms with E-state index in [1.165, 1.54) is 83.5 Å². The number of carbonyl (C=O) groups excluding carboxylic acids is 2. The molecule has 0 aromatic carbocycles. The number of carboxylic acids is 1. The number of nitrogens with zero attached hydrogens (tertiary/aromatic N) is 1. The van der Waals surface area contributed by atoms with Crippen molar-refractivity contribution in [2.75, 3.05) is 47.5 Å². The van der Waals surface area contributed by atoms with E-state index in [-0.39, 0.29) is 32.2 Å². The Morgan fingerprint density at radius 1 is 0.397 bits per heavy atom. The van der Waals surface area contributed by atoms with Crippen molar-refractivity contribution in [3.05, 3.63) is 122 Å². The van der Waals surface area contributed by atoms with Crippen LogP contribution >= 0.6 is 0 Å². The van der Waals surface area contributed by atoms with E-state index in [2.05, 4.69) is 135 Å². The number of aliphatic carboxylic acids is 1. The number of carbonyl (C=O) groups is 3. The van der Waals surface area contributed by atoms with Gasteiger partial charge in [0.05, 0.1) is 34.4 Å². The minimum Gasteiger partial charge on any atom is -0.477 e. The summed E-state index contributed by atoms with van der Waals surface area (Å²) in [7, 11) is 5.96. The first kappa shape index (κ1) is 73.7. The molecule has 0 radical (unpaired) electrons. The average molecular weight is 1090 g/mol. The van der Waals surface area contributed by atoms with Gasteiger partial charge in [0.2, 0.25) is 0 Å². The SMILES string of the molecule is CC/C=C\C/C=C\C/C=C\C/C=C\C/C=C\C/C=C\C/C=C\C/C=C\C/C=C\C/C=C\CCCCCCCCC(=O)OC(COC(=O)CCCCCCCCCCCCCCCCCC)COC(OCC[N+](C)(C)C)C(=O)O. The third-order valence-electron chi connectivity index (χ3n) is 13.0. The molecule has 0 aliphatic rings. The topological polar surface area (TPSA) is 108 Å². The van der Waals surface area contributed by atoms with E-state index in [1.54, 1.807) is 0 Å². The van der Waals surface area contributed by atoms with Gasteiger partial charge in [0, 0.05) is 12.8 Å². The van der Waals surface area contributed by atoms with E-state index in [0.29, 0.717) is 23.9 Å². The quantitative estimate of drug-likeness (QED) is 0.0211. The van der Waals surface area contributed by atoms with Gasteiger partial charge in [-0.05, 0) is 89.9 Å². The first-order chi connectivity index (χ1) is 38.1. The van der Waals surface area contributed by atoms with Crippen molar-refractivity contribution in [2.24, 2.45) is 0 Å². The predicted molar refractivity (Wildman–Crippen MR) is 331 cm³/mol. The monoisotopic (exact) mass is 1090 g/mol. The summed E-state index contributed by atoms with van der Waals surface area (Å²) in [4.78, 5) is 37.4. The zero-order valence-electron chi connectivity index (χ0n) is 50.5. The molecular formula is C69H116NO8+. The Morgan fingerprint density at radius 3 is 1.09 bits per heavy atom. The van der Waals surface area contributed by atoms with Gasteiger partial charge in [0.1, 0.15) is 13.2 Å². The van der Waals surface area contributed by atoms with Gasteiger partial charge in [-0.2, -0.15) is 0 Å². The largest absolute Gasteiger partial charge is 0.477 e. The van der Waals surface area contributed by atoms with Gasteiger partial charge in [-0.15, -0.1) is 0 Å². The molecule has 0 aromatic heterocycles. The molecule has 0 saturated heterocycles. The maximum atomic E-state index is 12.9. The summed E-state index contributed by atoms with van der Waals surface area (Å²) in [6.45, 7) is 4.75. The van der Waals surface area contributed by atoms with Crippen LogP contribution in [0, 0.1) is 0 Å². The van der Waals surface area contributed by atoms with Crippen molar-refractivity contribution in [2.45, 2.75) is 251 Å². The molecule has 444 valence electrons. The highest BCUT2D eigenvalue weighted by molar-refractivity contribution is 5.71. The molecule has 0 aliphatic heterocycles. The summed E-state index contributed by atoms with van der Waals surface area (Å²) >= 11 is 0. The minimum absolute atomic E-state index is 0.180. The van der Waals surface area contributed by atoms with Crippen LogP contribution in [0.4, 0.5) is 0 Å². The lowest BCUT2D eigenvalue weighted by molar-refractivity contribution is -0.870. The highest BCUT2D eigenvalue weighted by Gasteiger charge is 2.25. The van der Waals surface area contributed by atoms with Gasteiger partial charge in [0.25, 0.3) is 6.29 Å². The van der Waals surface area contributed by atoms with E-state index in [4.69, 9.17) is 18.9 Å². The van der Waals surface area contributed by atoms with Crippen molar-refractivity contribution in [1.82, 2.24) is 0 Å². The van der Waals surface area contributed by atoms with Crippen LogP contribution in [0.1, 0.15) is 239 Å². The number of quaternary nitrogens is 1. The van der Waals surface area contributed by atoms with Crippen molar-refractivity contribution < 1.29 is 42.9 Å². The maximum Gasteiger partial charge on any atom is 0.361 e. The van der Waals surface area contributed by atoms with Crippen LogP contribution < -0.4 is 0 Å². The lowest BCUT2D eigenvalue weighted by atomic mass is 10.0. The molecule has 1 N–H and O–H groups in total. The standard InChI is InChI=1S/C69H115NO8/c1-6-8-10-12-14-16-18-20-22-24-25-26-27-28-29-30-31-32-33-34-35-36-37-38-39-40-41-42-43-44-46-48-50-52-54-56-58-60-67(72)78-65(64-77-69(68(73)74)75-62-61-70(3,4)5)63-76-66(71)59-57-55-53-51-49-47-45-23-21-19-17-15-13-11-9-7-2/h8,10,14,16,20,22,25-26,28-29,31-32,34-35,37-38,40-41,43-44,65,69H,6-7,9,11-13,15,17-19,21,23-24,27,30,33,36,39,42,45-64H2,1-5H3/p+1/b10-8-,16-14-,22-20-,26-25-,29-28-,32-31-,35-34-,38-37-,41-40-,44-43-. The Balaban J connectivity index is 4.23. The van der Waals surface area contributed by atoms with Crippen molar-refractivity contribution in [3.63, 3.8) is 0 Å². The molecule has 0 aromatic rings. The van der Waals surface area contributed by atoms with Crippen LogP contribution in [0.15, 0.2) is 122 Å². The second-order valence-corrected chi connectivity index (χ2v) is 21.6. The van der Waals surface area contributed by atoms with E-state index < -0.39 is 24.3 Å². The summed E-state index contributed by atoms with van der Waals surface area (Å²) in [6, 6.07) is 0. The first-order valence-electron chi connectivity index (χ1n) is 31.2. The van der Waals surface area contributed by atoms with Crippen molar-refractivity contribution in [3.8, 4) is 0 Å². The molecule has 2 atom stereocenters. The van der Waals surface area contributed by atoms with Gasteiger partial charge in [-0.3, -0.25) is 9.59 Å². The lowest BCUT2D eigenvalue weighted by Gasteiger charge is -2.25. The summed E-state index contributed by atoms with van der Waals surface area (Å²) in [5.41, 5.74) is 0. The van der Waals surface area contributed by atoms with E-state index in [9.17, 15) is 19.5 Å². The van der Waals surface area contributed by atoms with Crippen LogP contribution in [0.25, 0.3) is 0 Å². The number of esters is 2. The van der Waals surface area contributed by atoms with Crippen LogP contribution in [0.2, 0.25) is 0 Å². The second-order valence-electron chi connectivity index (χ2n) is 21.6. The molecule has 2 unspecified atom stereocenters. The molecule has 0 spiro atoms. The number of allylic oxidation sites excluding steroid dienone is 20. The fourth-order valence-electron chi connectivity index (χ4n) is 8.22. The van der Waals surface area contributed by atoms with Crippen LogP contribution in [0.3, 0.4) is 0 Å². The Morgan fingerprint density at radius 2 is 0.731 bits per heavy atom. The average Bonchev–Trinajstić information content (AvgIpc) is 3.41. The van der Waals surface area contributed by atoms with Crippen LogP contribution in [0.5, 0.6) is 0 Å². The Kier molecular flexibility index (Phi) is 55.6.